The number of nitrogens with one attached hydrogen (secondary N) is 1. The molecule has 150 valence electrons. The van der Waals surface area contributed by atoms with Gasteiger partial charge in [0.15, 0.2) is 17.5 Å². The molecule has 0 amide bonds. The van der Waals surface area contributed by atoms with Crippen LogP contribution in [0.1, 0.15) is 6.42 Å². The van der Waals surface area contributed by atoms with Gasteiger partial charge in [0.25, 0.3) is 5.56 Å². The Kier molecular flexibility index (Phi) is 6.04. The van der Waals surface area contributed by atoms with Crippen molar-refractivity contribution < 1.29 is 29.9 Å². The lowest BCUT2D eigenvalue weighted by atomic mass is 10.0. The molecule has 2 aromatic heterocycles. The smallest absolute Gasteiger partial charge is 0.280 e. The summed E-state index contributed by atoms with van der Waals surface area (Å²) in [6.45, 7) is 0.357. The molecule has 1 saturated heterocycles. The van der Waals surface area contributed by atoms with Crippen molar-refractivity contribution in [1.82, 2.24) is 19.5 Å². The second-order valence-electron chi connectivity index (χ2n) is 6.48. The molecule has 0 saturated carbocycles. The first kappa shape index (κ1) is 19.7. The fourth-order valence-corrected chi connectivity index (χ4v) is 2.87. The van der Waals surface area contributed by atoms with E-state index in [-0.39, 0.29) is 30.6 Å². The summed E-state index contributed by atoms with van der Waals surface area (Å²) in [5.74, 6) is 0.0178. The average Bonchev–Trinajstić information content (AvgIpc) is 3.08. The Balaban J connectivity index is 1.54. The molecule has 0 unspecified atom stereocenters. The number of nitrogens with zero attached hydrogens (tertiary/aromatic N) is 3. The van der Waals surface area contributed by atoms with Gasteiger partial charge in [0, 0.05) is 12.5 Å². The van der Waals surface area contributed by atoms with Crippen LogP contribution in [0.4, 0.5) is 5.95 Å². The molecule has 3 rings (SSSR count). The van der Waals surface area contributed by atoms with Crippen molar-refractivity contribution in [1.29, 1.82) is 0 Å². The molecule has 0 spiro atoms. The molecule has 7 N–H and O–H groups in total. The molecule has 27 heavy (non-hydrogen) atoms. The van der Waals surface area contributed by atoms with E-state index >= 15 is 0 Å². The molecule has 2 aromatic rings. The largest absolute Gasteiger partial charge is 0.394 e. The van der Waals surface area contributed by atoms with E-state index in [9.17, 15) is 20.1 Å². The molecule has 1 aliphatic rings. The highest BCUT2D eigenvalue weighted by atomic mass is 16.7. The molecule has 0 bridgehead atoms. The summed E-state index contributed by atoms with van der Waals surface area (Å²) in [5, 5.41) is 37.8. The van der Waals surface area contributed by atoms with E-state index in [0.717, 1.165) is 0 Å². The molecule has 3 heterocycles. The van der Waals surface area contributed by atoms with E-state index in [1.165, 1.54) is 6.33 Å². The van der Waals surface area contributed by atoms with E-state index < -0.39 is 36.8 Å². The number of aliphatic hydroxyl groups excluding tert-OH is 4. The number of nitrogens with two attached hydrogens (primary N) is 1. The van der Waals surface area contributed by atoms with Crippen molar-refractivity contribution in [2.24, 2.45) is 5.92 Å². The third kappa shape index (κ3) is 4.26. The zero-order chi connectivity index (χ0) is 19.6. The van der Waals surface area contributed by atoms with E-state index in [1.54, 1.807) is 4.57 Å². The number of H-pyrrole nitrogens is 1. The van der Waals surface area contributed by atoms with Crippen LogP contribution >= 0.6 is 0 Å². The number of fused-ring (bicyclic) bond motifs is 1. The molecule has 1 aliphatic heterocycles. The van der Waals surface area contributed by atoms with Gasteiger partial charge in [-0.2, -0.15) is 4.98 Å². The van der Waals surface area contributed by atoms with Gasteiger partial charge < -0.3 is 40.2 Å². The van der Waals surface area contributed by atoms with Crippen LogP contribution in [-0.2, 0) is 16.0 Å². The predicted molar refractivity (Wildman–Crippen MR) is 91.5 cm³/mol. The van der Waals surface area contributed by atoms with Crippen molar-refractivity contribution in [3.63, 3.8) is 0 Å². The summed E-state index contributed by atoms with van der Waals surface area (Å²) >= 11 is 0. The van der Waals surface area contributed by atoms with Crippen molar-refractivity contribution in [3.05, 3.63) is 16.7 Å². The standard InChI is InChI=1S/C15H23N5O7/c16-15-18-12-9(13(25)19-15)17-6-20(12)2-1-7-4-26-14(27-5-7)11(24)10(23)8(22)3-21/h6-8,10-11,14,21-24H,1-5H2,(H3,16,18,19,25)/t7?,8-,10-,11-,14?/m1/s1. The van der Waals surface area contributed by atoms with Crippen LogP contribution in [0.3, 0.4) is 0 Å². The topological polar surface area (TPSA) is 189 Å². The zero-order valence-electron chi connectivity index (χ0n) is 14.4. The first-order chi connectivity index (χ1) is 12.9. The van der Waals surface area contributed by atoms with Crippen molar-refractivity contribution in [2.45, 2.75) is 37.6 Å². The highest BCUT2D eigenvalue weighted by molar-refractivity contribution is 5.70. The minimum absolute atomic E-state index is 0.00477. The van der Waals surface area contributed by atoms with Crippen molar-refractivity contribution in [3.8, 4) is 0 Å². The van der Waals surface area contributed by atoms with Gasteiger partial charge >= 0.3 is 0 Å². The van der Waals surface area contributed by atoms with Gasteiger partial charge in [-0.15, -0.1) is 0 Å². The quantitative estimate of drug-likeness (QED) is 0.289. The maximum atomic E-state index is 11.8. The van der Waals surface area contributed by atoms with E-state index in [0.29, 0.717) is 18.6 Å². The summed E-state index contributed by atoms with van der Waals surface area (Å²) in [5.41, 5.74) is 5.76. The highest BCUT2D eigenvalue weighted by Crippen LogP contribution is 2.20. The zero-order valence-corrected chi connectivity index (χ0v) is 14.4. The first-order valence-electron chi connectivity index (χ1n) is 8.49. The second kappa shape index (κ2) is 8.29. The number of imidazole rings is 1. The van der Waals surface area contributed by atoms with Gasteiger partial charge in [0.2, 0.25) is 5.95 Å². The Morgan fingerprint density at radius 2 is 2.04 bits per heavy atom. The summed E-state index contributed by atoms with van der Waals surface area (Å²) in [7, 11) is 0. The molecule has 0 radical (unpaired) electrons. The lowest BCUT2D eigenvalue weighted by molar-refractivity contribution is -0.262. The number of aromatic nitrogens is 4. The third-order valence-corrected chi connectivity index (χ3v) is 4.47. The summed E-state index contributed by atoms with van der Waals surface area (Å²) in [6.07, 6.45) is -3.50. The van der Waals surface area contributed by atoms with Gasteiger partial charge in [-0.05, 0) is 6.42 Å². The minimum Gasteiger partial charge on any atom is -0.394 e. The second-order valence-corrected chi connectivity index (χ2v) is 6.48. The number of hydrogen-bond donors (Lipinski definition) is 6. The summed E-state index contributed by atoms with van der Waals surface area (Å²) in [4.78, 5) is 22.3. The monoisotopic (exact) mass is 385 g/mol. The van der Waals surface area contributed by atoms with Gasteiger partial charge in [-0.1, -0.05) is 0 Å². The highest BCUT2D eigenvalue weighted by Gasteiger charge is 2.35. The van der Waals surface area contributed by atoms with Crippen molar-refractivity contribution in [2.75, 3.05) is 25.6 Å². The maximum Gasteiger partial charge on any atom is 0.280 e. The van der Waals surface area contributed by atoms with Crippen molar-refractivity contribution >= 4 is 17.1 Å². The first-order valence-corrected chi connectivity index (χ1v) is 8.49. The Hall–Kier alpha value is -2.09. The average molecular weight is 385 g/mol. The molecular weight excluding hydrogens is 362 g/mol. The molecular formula is C15H23N5O7. The van der Waals surface area contributed by atoms with Gasteiger partial charge in [-0.3, -0.25) is 9.78 Å². The fourth-order valence-electron chi connectivity index (χ4n) is 2.87. The summed E-state index contributed by atoms with van der Waals surface area (Å²) in [6, 6.07) is 0. The molecule has 3 atom stereocenters. The number of anilines is 1. The fraction of sp³-hybridized carbons (Fsp3) is 0.667. The lowest BCUT2D eigenvalue weighted by Gasteiger charge is -2.34. The Bertz CT molecular complexity index is 816. The van der Waals surface area contributed by atoms with E-state index in [1.807, 2.05) is 0 Å². The number of nitrogen functional groups attached to an aromatic ring is 1. The normalized spacial score (nSPS) is 24.0. The van der Waals surface area contributed by atoms with E-state index in [4.69, 9.17) is 20.3 Å². The van der Waals surface area contributed by atoms with Crippen LogP contribution in [0.15, 0.2) is 11.1 Å². The maximum absolute atomic E-state index is 11.8. The summed E-state index contributed by atoms with van der Waals surface area (Å²) < 4.78 is 12.6. The Morgan fingerprint density at radius 1 is 1.33 bits per heavy atom. The predicted octanol–water partition coefficient (Wildman–Crippen LogP) is -2.84. The Morgan fingerprint density at radius 3 is 2.70 bits per heavy atom. The molecule has 12 nitrogen and oxygen atoms in total. The molecule has 0 aliphatic carbocycles. The van der Waals surface area contributed by atoms with Crippen LogP contribution in [0.5, 0.6) is 0 Å². The van der Waals surface area contributed by atoms with Crippen LogP contribution in [0, 0.1) is 5.92 Å². The molecule has 12 heteroatoms. The van der Waals surface area contributed by atoms with Crippen LogP contribution < -0.4 is 11.3 Å². The van der Waals surface area contributed by atoms with Crippen LogP contribution in [0.25, 0.3) is 11.2 Å². The van der Waals surface area contributed by atoms with E-state index in [2.05, 4.69) is 15.0 Å². The van der Waals surface area contributed by atoms with Crippen LogP contribution in [-0.4, -0.2) is 84.4 Å². The van der Waals surface area contributed by atoms with Crippen LogP contribution in [0.2, 0.25) is 0 Å². The van der Waals surface area contributed by atoms with Gasteiger partial charge in [0.1, 0.15) is 18.3 Å². The lowest BCUT2D eigenvalue weighted by Crippen LogP contribution is -2.50. The Labute approximate surface area is 153 Å². The molecule has 1 fully saturated rings. The number of hydrogen-bond acceptors (Lipinski definition) is 10. The molecule has 0 aromatic carbocycles. The number of aryl methyl sites for hydroxylation is 1. The van der Waals surface area contributed by atoms with Gasteiger partial charge in [0.05, 0.1) is 26.1 Å². The number of ether oxygens (including phenoxy) is 2. The third-order valence-electron chi connectivity index (χ3n) is 4.47. The SMILES string of the molecule is Nc1nc2c(ncn2CCC2COC([C@H](O)[C@H](O)[C@H](O)CO)OC2)c(=O)[nH]1. The number of rotatable bonds is 7. The number of aliphatic hydroxyl groups is 4. The number of aromatic amines is 1. The van der Waals surface area contributed by atoms with Gasteiger partial charge in [-0.25, -0.2) is 4.98 Å². The minimum atomic E-state index is -1.58.